The molecule has 0 saturated heterocycles. The van der Waals surface area contributed by atoms with Gasteiger partial charge in [0.15, 0.2) is 5.76 Å². The van der Waals surface area contributed by atoms with E-state index in [1.165, 1.54) is 18.2 Å². The van der Waals surface area contributed by atoms with Crippen LogP contribution in [0.1, 0.15) is 16.1 Å². The summed E-state index contributed by atoms with van der Waals surface area (Å²) in [5, 5.41) is 10.8. The second-order valence-corrected chi connectivity index (χ2v) is 4.72. The van der Waals surface area contributed by atoms with E-state index in [9.17, 15) is 14.9 Å². The third-order valence-electron chi connectivity index (χ3n) is 2.23. The molecule has 0 aliphatic rings. The molecule has 98 valence electrons. The Balaban J connectivity index is 2.47. The number of furan rings is 1. The Morgan fingerprint density at radius 2 is 1.74 bits per heavy atom. The van der Waals surface area contributed by atoms with Gasteiger partial charge in [-0.3, -0.25) is 14.9 Å². The first-order chi connectivity index (χ1) is 8.90. The third-order valence-corrected chi connectivity index (χ3v) is 3.04. The quantitative estimate of drug-likeness (QED) is 0.478. The van der Waals surface area contributed by atoms with Crippen molar-refractivity contribution in [2.75, 3.05) is 0 Å². The maximum Gasteiger partial charge on any atom is 0.433 e. The molecular formula is C11H4Cl3NO4. The molecule has 2 rings (SSSR count). The van der Waals surface area contributed by atoms with Crippen molar-refractivity contribution in [1.82, 2.24) is 0 Å². The largest absolute Gasteiger partial charge is 0.433 e. The molecule has 0 aliphatic heterocycles. The summed E-state index contributed by atoms with van der Waals surface area (Å²) in [6, 6.07) is 4.95. The number of nitro groups is 1. The van der Waals surface area contributed by atoms with Crippen LogP contribution in [-0.2, 0) is 0 Å². The first kappa shape index (κ1) is 13.9. The van der Waals surface area contributed by atoms with Crippen molar-refractivity contribution in [3.05, 3.63) is 60.8 Å². The number of hydrogen-bond donors (Lipinski definition) is 0. The minimum Gasteiger partial charge on any atom is -0.397 e. The summed E-state index contributed by atoms with van der Waals surface area (Å²) in [6.07, 6.45) is 0. The van der Waals surface area contributed by atoms with Crippen LogP contribution in [0, 0.1) is 10.1 Å². The number of hydrogen-bond acceptors (Lipinski definition) is 4. The van der Waals surface area contributed by atoms with Gasteiger partial charge in [-0.1, -0.05) is 34.8 Å². The van der Waals surface area contributed by atoms with E-state index in [-0.39, 0.29) is 26.4 Å². The van der Waals surface area contributed by atoms with Gasteiger partial charge in [-0.2, -0.15) is 0 Å². The monoisotopic (exact) mass is 319 g/mol. The molecule has 0 bridgehead atoms. The zero-order valence-electron chi connectivity index (χ0n) is 9.02. The number of nitrogens with zero attached hydrogens (tertiary/aromatic N) is 1. The van der Waals surface area contributed by atoms with Gasteiger partial charge in [0.2, 0.25) is 5.78 Å². The highest BCUT2D eigenvalue weighted by Gasteiger charge is 2.23. The zero-order valence-corrected chi connectivity index (χ0v) is 11.3. The van der Waals surface area contributed by atoms with E-state index in [1.54, 1.807) is 0 Å². The number of rotatable bonds is 3. The summed E-state index contributed by atoms with van der Waals surface area (Å²) in [4.78, 5) is 21.8. The summed E-state index contributed by atoms with van der Waals surface area (Å²) in [6.45, 7) is 0. The lowest BCUT2D eigenvalue weighted by Crippen LogP contribution is -2.02. The smallest absolute Gasteiger partial charge is 0.397 e. The van der Waals surface area contributed by atoms with Gasteiger partial charge < -0.3 is 4.42 Å². The molecule has 0 atom stereocenters. The summed E-state index contributed by atoms with van der Waals surface area (Å²) >= 11 is 17.5. The number of ketones is 1. The highest BCUT2D eigenvalue weighted by atomic mass is 35.5. The average Bonchev–Trinajstić information content (AvgIpc) is 2.76. The van der Waals surface area contributed by atoms with Gasteiger partial charge in [0.25, 0.3) is 0 Å². The van der Waals surface area contributed by atoms with E-state index >= 15 is 0 Å². The van der Waals surface area contributed by atoms with Crippen molar-refractivity contribution in [1.29, 1.82) is 0 Å². The van der Waals surface area contributed by atoms with Crippen molar-refractivity contribution >= 4 is 46.5 Å². The molecule has 0 N–H and O–H groups in total. The van der Waals surface area contributed by atoms with E-state index in [0.29, 0.717) is 0 Å². The Morgan fingerprint density at radius 3 is 2.21 bits per heavy atom. The minimum atomic E-state index is -0.748. The molecule has 0 spiro atoms. The van der Waals surface area contributed by atoms with E-state index < -0.39 is 16.6 Å². The van der Waals surface area contributed by atoms with Crippen LogP contribution in [0.3, 0.4) is 0 Å². The van der Waals surface area contributed by atoms with Gasteiger partial charge in [-0.05, 0) is 18.2 Å². The summed E-state index contributed by atoms with van der Waals surface area (Å²) in [5.74, 6) is -1.41. The molecule has 0 amide bonds. The molecule has 0 saturated carbocycles. The topological polar surface area (TPSA) is 73.3 Å². The minimum absolute atomic E-state index is 0.0167. The fraction of sp³-hybridized carbons (Fsp3) is 0. The molecule has 1 heterocycles. The molecule has 2 aromatic rings. The Kier molecular flexibility index (Phi) is 3.80. The molecule has 8 heteroatoms. The van der Waals surface area contributed by atoms with Gasteiger partial charge in [0.1, 0.15) is 4.92 Å². The third kappa shape index (κ3) is 2.73. The maximum atomic E-state index is 12.1. The number of carbonyl (C=O) groups is 1. The Labute approximate surface area is 121 Å². The lowest BCUT2D eigenvalue weighted by molar-refractivity contribution is -0.402. The standard InChI is InChI=1S/C11H4Cl3NO4/c12-5-3-6(13)10(7(14)4-5)11(16)8-1-2-9(19-8)15(17)18/h1-4H. The molecule has 1 aromatic carbocycles. The lowest BCUT2D eigenvalue weighted by Gasteiger charge is -2.04. The van der Waals surface area contributed by atoms with E-state index in [0.717, 1.165) is 6.07 Å². The second-order valence-electron chi connectivity index (χ2n) is 3.47. The van der Waals surface area contributed by atoms with E-state index in [4.69, 9.17) is 39.2 Å². The van der Waals surface area contributed by atoms with E-state index in [1.807, 2.05) is 0 Å². The van der Waals surface area contributed by atoms with Crippen molar-refractivity contribution in [3.63, 3.8) is 0 Å². The van der Waals surface area contributed by atoms with Crippen LogP contribution < -0.4 is 0 Å². The first-order valence-electron chi connectivity index (χ1n) is 4.83. The maximum absolute atomic E-state index is 12.1. The Bertz CT molecular complexity index is 657. The molecule has 19 heavy (non-hydrogen) atoms. The van der Waals surface area contributed by atoms with Crippen LogP contribution in [0.15, 0.2) is 28.7 Å². The van der Waals surface area contributed by atoms with Crippen molar-refractivity contribution < 1.29 is 14.1 Å². The highest BCUT2D eigenvalue weighted by molar-refractivity contribution is 6.43. The van der Waals surface area contributed by atoms with Crippen LogP contribution in [0.25, 0.3) is 0 Å². The predicted molar refractivity (Wildman–Crippen MR) is 70.3 cm³/mol. The van der Waals surface area contributed by atoms with Gasteiger partial charge in [-0.15, -0.1) is 0 Å². The molecule has 0 fully saturated rings. The number of halogens is 3. The van der Waals surface area contributed by atoms with Crippen LogP contribution in [0.2, 0.25) is 15.1 Å². The summed E-state index contributed by atoms with van der Waals surface area (Å²) in [7, 11) is 0. The van der Waals surface area contributed by atoms with Crippen LogP contribution in [-0.4, -0.2) is 10.7 Å². The normalized spacial score (nSPS) is 10.5. The van der Waals surface area contributed by atoms with Crippen LogP contribution >= 0.6 is 34.8 Å². The van der Waals surface area contributed by atoms with Crippen LogP contribution in [0.4, 0.5) is 5.88 Å². The molecule has 0 unspecified atom stereocenters. The number of carbonyl (C=O) groups excluding carboxylic acids is 1. The lowest BCUT2D eigenvalue weighted by atomic mass is 10.1. The first-order valence-corrected chi connectivity index (χ1v) is 5.97. The van der Waals surface area contributed by atoms with Crippen molar-refractivity contribution in [2.45, 2.75) is 0 Å². The fourth-order valence-electron chi connectivity index (χ4n) is 1.43. The molecule has 0 radical (unpaired) electrons. The van der Waals surface area contributed by atoms with Gasteiger partial charge in [0.05, 0.1) is 21.7 Å². The van der Waals surface area contributed by atoms with Crippen molar-refractivity contribution in [3.8, 4) is 0 Å². The average molecular weight is 321 g/mol. The van der Waals surface area contributed by atoms with Gasteiger partial charge >= 0.3 is 5.88 Å². The molecule has 5 nitrogen and oxygen atoms in total. The molecule has 1 aromatic heterocycles. The summed E-state index contributed by atoms with van der Waals surface area (Å²) < 4.78 is 4.80. The second kappa shape index (κ2) is 5.21. The van der Waals surface area contributed by atoms with Gasteiger partial charge in [0, 0.05) is 5.02 Å². The van der Waals surface area contributed by atoms with Crippen molar-refractivity contribution in [2.24, 2.45) is 0 Å². The van der Waals surface area contributed by atoms with Crippen LogP contribution in [0.5, 0.6) is 0 Å². The van der Waals surface area contributed by atoms with E-state index in [2.05, 4.69) is 0 Å². The molecular weight excluding hydrogens is 316 g/mol. The Morgan fingerprint density at radius 1 is 1.16 bits per heavy atom. The Hall–Kier alpha value is -1.56. The SMILES string of the molecule is O=C(c1ccc([N+](=O)[O-])o1)c1c(Cl)cc(Cl)cc1Cl. The predicted octanol–water partition coefficient (Wildman–Crippen LogP) is 4.38. The molecule has 0 aliphatic carbocycles. The highest BCUT2D eigenvalue weighted by Crippen LogP contribution is 2.31. The van der Waals surface area contributed by atoms with Gasteiger partial charge in [-0.25, -0.2) is 0 Å². The summed E-state index contributed by atoms with van der Waals surface area (Å²) in [5.41, 5.74) is -0.0167. The fourth-order valence-corrected chi connectivity index (χ4v) is 2.42. The number of benzene rings is 1. The zero-order chi connectivity index (χ0) is 14.2.